The van der Waals surface area contributed by atoms with E-state index < -0.39 is 18.0 Å². The molecule has 0 bridgehead atoms. The highest BCUT2D eigenvalue weighted by atomic mass is 127. The molecule has 2 aromatic rings. The zero-order valence-electron chi connectivity index (χ0n) is 15.5. The summed E-state index contributed by atoms with van der Waals surface area (Å²) in [6, 6.07) is 13.9. The number of carbonyl (C=O) groups is 3. The number of hydrogen-bond donors (Lipinski definition) is 2. The molecule has 2 aromatic carbocycles. The van der Waals surface area contributed by atoms with Crippen LogP contribution in [0.5, 0.6) is 5.75 Å². The first-order valence-electron chi connectivity index (χ1n) is 8.66. The van der Waals surface area contributed by atoms with E-state index in [9.17, 15) is 14.4 Å². The summed E-state index contributed by atoms with van der Waals surface area (Å²) in [5.74, 6) is -0.854. The number of esters is 1. The lowest BCUT2D eigenvalue weighted by Crippen LogP contribution is -2.36. The van der Waals surface area contributed by atoms with Gasteiger partial charge in [0, 0.05) is 9.26 Å². The molecular weight excluding hydrogens is 475 g/mol. The van der Waals surface area contributed by atoms with Gasteiger partial charge in [-0.15, -0.1) is 0 Å². The summed E-state index contributed by atoms with van der Waals surface area (Å²) in [7, 11) is 0. The minimum absolute atomic E-state index is 0.329. The largest absolute Gasteiger partial charge is 0.494 e. The Balaban J connectivity index is 1.80. The first-order chi connectivity index (χ1) is 13.4. The zero-order valence-corrected chi connectivity index (χ0v) is 17.7. The Morgan fingerprint density at radius 1 is 1.07 bits per heavy atom. The molecule has 2 N–H and O–H groups in total. The van der Waals surface area contributed by atoms with Crippen molar-refractivity contribution in [3.05, 3.63) is 57.7 Å². The minimum Gasteiger partial charge on any atom is -0.494 e. The van der Waals surface area contributed by atoms with Gasteiger partial charge in [-0.3, -0.25) is 14.4 Å². The summed E-state index contributed by atoms with van der Waals surface area (Å²) in [5, 5.41) is 5.14. The molecule has 0 saturated heterocycles. The van der Waals surface area contributed by atoms with Crippen LogP contribution >= 0.6 is 22.6 Å². The molecule has 2 amide bonds. The van der Waals surface area contributed by atoms with Crippen molar-refractivity contribution in [3.63, 3.8) is 0 Å². The van der Waals surface area contributed by atoms with Crippen LogP contribution < -0.4 is 15.4 Å². The Bertz CT molecular complexity index is 839. The summed E-state index contributed by atoms with van der Waals surface area (Å²) in [4.78, 5) is 36.2. The fraction of sp³-hybridized carbons (Fsp3) is 0.250. The lowest BCUT2D eigenvalue weighted by molar-refractivity contribution is -0.152. The van der Waals surface area contributed by atoms with E-state index in [1.54, 1.807) is 42.5 Å². The van der Waals surface area contributed by atoms with Crippen LogP contribution in [0.2, 0.25) is 0 Å². The predicted molar refractivity (Wildman–Crippen MR) is 113 cm³/mol. The van der Waals surface area contributed by atoms with Crippen LogP contribution in [0.25, 0.3) is 0 Å². The third-order valence-corrected chi connectivity index (χ3v) is 4.56. The van der Waals surface area contributed by atoms with E-state index in [1.807, 2.05) is 35.6 Å². The van der Waals surface area contributed by atoms with Crippen molar-refractivity contribution in [2.75, 3.05) is 18.5 Å². The normalized spacial score (nSPS) is 11.2. The molecule has 0 aliphatic heterocycles. The number of amides is 2. The number of carbonyl (C=O) groups excluding carboxylic acids is 3. The summed E-state index contributed by atoms with van der Waals surface area (Å²) in [6.45, 7) is 3.57. The van der Waals surface area contributed by atoms with Gasteiger partial charge < -0.3 is 20.1 Å². The van der Waals surface area contributed by atoms with E-state index in [2.05, 4.69) is 10.6 Å². The van der Waals surface area contributed by atoms with Crippen LogP contribution in [-0.2, 0) is 14.3 Å². The van der Waals surface area contributed by atoms with Crippen molar-refractivity contribution >= 4 is 46.1 Å². The second-order valence-corrected chi connectivity index (χ2v) is 6.90. The third kappa shape index (κ3) is 6.52. The average Bonchev–Trinajstić information content (AvgIpc) is 2.68. The Labute approximate surface area is 176 Å². The van der Waals surface area contributed by atoms with Gasteiger partial charge >= 0.3 is 5.97 Å². The minimum atomic E-state index is -1.01. The molecule has 28 heavy (non-hydrogen) atoms. The van der Waals surface area contributed by atoms with Gasteiger partial charge in [0.25, 0.3) is 11.8 Å². The maximum Gasteiger partial charge on any atom is 0.326 e. The predicted octanol–water partition coefficient (Wildman–Crippen LogP) is 2.99. The van der Waals surface area contributed by atoms with Gasteiger partial charge in [0.1, 0.15) is 12.3 Å². The number of rotatable bonds is 8. The average molecular weight is 496 g/mol. The quantitative estimate of drug-likeness (QED) is 0.433. The van der Waals surface area contributed by atoms with Gasteiger partial charge in [-0.05, 0) is 72.8 Å². The van der Waals surface area contributed by atoms with Gasteiger partial charge in [0.2, 0.25) is 0 Å². The number of benzene rings is 2. The Hall–Kier alpha value is -2.62. The van der Waals surface area contributed by atoms with Crippen molar-refractivity contribution in [2.45, 2.75) is 20.0 Å². The van der Waals surface area contributed by atoms with E-state index >= 15 is 0 Å². The molecule has 0 fully saturated rings. The fourth-order valence-electron chi connectivity index (χ4n) is 2.23. The molecule has 1 unspecified atom stereocenters. The standard InChI is InChI=1S/C20H21IN2O5/c1-3-27-15-10-8-14(9-11-15)23-19(25)13(2)28-18(24)12-22-20(26)16-6-4-5-7-17(16)21/h4-11,13H,3,12H2,1-2H3,(H,22,26)(H,23,25). The lowest BCUT2D eigenvalue weighted by Gasteiger charge is -2.14. The lowest BCUT2D eigenvalue weighted by atomic mass is 10.2. The van der Waals surface area contributed by atoms with E-state index in [0.717, 1.165) is 3.57 Å². The molecule has 0 radical (unpaired) electrons. The van der Waals surface area contributed by atoms with E-state index in [0.29, 0.717) is 23.6 Å². The van der Waals surface area contributed by atoms with Gasteiger partial charge in [-0.25, -0.2) is 0 Å². The molecule has 0 spiro atoms. The maximum absolute atomic E-state index is 12.2. The van der Waals surface area contributed by atoms with Crippen LogP contribution in [0.4, 0.5) is 5.69 Å². The SMILES string of the molecule is CCOc1ccc(NC(=O)C(C)OC(=O)CNC(=O)c2ccccc2I)cc1. The number of nitrogens with one attached hydrogen (secondary N) is 2. The number of halogens is 1. The van der Waals surface area contributed by atoms with Gasteiger partial charge in [0.05, 0.1) is 12.2 Å². The van der Waals surface area contributed by atoms with Crippen molar-refractivity contribution < 1.29 is 23.9 Å². The molecule has 0 aliphatic carbocycles. The molecule has 1 atom stereocenters. The summed E-state index contributed by atoms with van der Waals surface area (Å²) < 4.78 is 11.2. The number of anilines is 1. The maximum atomic E-state index is 12.2. The third-order valence-electron chi connectivity index (χ3n) is 3.62. The number of hydrogen-bond acceptors (Lipinski definition) is 5. The van der Waals surface area contributed by atoms with Crippen molar-refractivity contribution in [1.29, 1.82) is 0 Å². The van der Waals surface area contributed by atoms with Crippen molar-refractivity contribution in [3.8, 4) is 5.75 Å². The molecule has 7 nitrogen and oxygen atoms in total. The molecule has 148 valence electrons. The van der Waals surface area contributed by atoms with E-state index in [1.165, 1.54) is 6.92 Å². The van der Waals surface area contributed by atoms with Crippen molar-refractivity contribution in [1.82, 2.24) is 5.32 Å². The molecular formula is C20H21IN2O5. The highest BCUT2D eigenvalue weighted by Gasteiger charge is 2.19. The van der Waals surface area contributed by atoms with E-state index in [-0.39, 0.29) is 12.5 Å². The first-order valence-corrected chi connectivity index (χ1v) is 9.74. The van der Waals surface area contributed by atoms with E-state index in [4.69, 9.17) is 9.47 Å². The summed E-state index contributed by atoms with van der Waals surface area (Å²) in [5.41, 5.74) is 1.03. The molecule has 0 aromatic heterocycles. The summed E-state index contributed by atoms with van der Waals surface area (Å²) in [6.07, 6.45) is -1.01. The summed E-state index contributed by atoms with van der Waals surface area (Å²) >= 11 is 2.04. The second-order valence-electron chi connectivity index (χ2n) is 5.74. The van der Waals surface area contributed by atoms with Crippen LogP contribution in [-0.4, -0.2) is 37.0 Å². The molecule has 8 heteroatoms. The van der Waals surface area contributed by atoms with Crippen LogP contribution in [0.15, 0.2) is 48.5 Å². The Kier molecular flexibility index (Phi) is 8.24. The van der Waals surface area contributed by atoms with Crippen molar-refractivity contribution in [2.24, 2.45) is 0 Å². The Morgan fingerprint density at radius 2 is 1.75 bits per heavy atom. The molecule has 0 saturated carbocycles. The monoisotopic (exact) mass is 496 g/mol. The molecule has 2 rings (SSSR count). The molecule has 0 aliphatic rings. The smallest absolute Gasteiger partial charge is 0.326 e. The van der Waals surface area contributed by atoms with Crippen LogP contribution in [0, 0.1) is 3.57 Å². The van der Waals surface area contributed by atoms with Crippen LogP contribution in [0.1, 0.15) is 24.2 Å². The second kappa shape index (κ2) is 10.6. The van der Waals surface area contributed by atoms with Gasteiger partial charge in [0.15, 0.2) is 6.10 Å². The topological polar surface area (TPSA) is 93.7 Å². The van der Waals surface area contributed by atoms with Gasteiger partial charge in [-0.1, -0.05) is 12.1 Å². The highest BCUT2D eigenvalue weighted by molar-refractivity contribution is 14.1. The molecule has 0 heterocycles. The zero-order chi connectivity index (χ0) is 20.5. The number of ether oxygens (including phenoxy) is 2. The fourth-order valence-corrected chi connectivity index (χ4v) is 2.86. The highest BCUT2D eigenvalue weighted by Crippen LogP contribution is 2.16. The van der Waals surface area contributed by atoms with Crippen LogP contribution in [0.3, 0.4) is 0 Å². The van der Waals surface area contributed by atoms with Gasteiger partial charge in [-0.2, -0.15) is 0 Å². The first kappa shape index (κ1) is 21.7. The Morgan fingerprint density at radius 3 is 2.39 bits per heavy atom.